The Kier molecular flexibility index (Phi) is 7.30. The van der Waals surface area contributed by atoms with Crippen molar-refractivity contribution >= 4 is 29.1 Å². The van der Waals surface area contributed by atoms with Gasteiger partial charge in [-0.3, -0.25) is 9.59 Å². The second-order valence-corrected chi connectivity index (χ2v) is 8.05. The van der Waals surface area contributed by atoms with Crippen LogP contribution >= 0.6 is 11.6 Å². The molecule has 29 heavy (non-hydrogen) atoms. The second-order valence-electron chi connectivity index (χ2n) is 7.64. The van der Waals surface area contributed by atoms with Gasteiger partial charge in [0.2, 0.25) is 0 Å². The monoisotopic (exact) mass is 420 g/mol. The predicted molar refractivity (Wildman–Crippen MR) is 111 cm³/mol. The van der Waals surface area contributed by atoms with Crippen LogP contribution in [-0.4, -0.2) is 63.0 Å². The molecule has 3 N–H and O–H groups in total. The van der Waals surface area contributed by atoms with Crippen molar-refractivity contribution in [2.24, 2.45) is 0 Å². The Hall–Kier alpha value is -2.35. The Bertz CT molecular complexity index is 846. The van der Waals surface area contributed by atoms with Crippen molar-refractivity contribution in [3.8, 4) is 0 Å². The topological polar surface area (TPSA) is 71.4 Å². The highest BCUT2D eigenvalue weighted by atomic mass is 35.5. The minimum absolute atomic E-state index is 0.0406. The fourth-order valence-electron chi connectivity index (χ4n) is 3.54. The van der Waals surface area contributed by atoms with Gasteiger partial charge in [-0.2, -0.15) is 0 Å². The molecule has 1 aromatic heterocycles. The van der Waals surface area contributed by atoms with Gasteiger partial charge in [-0.1, -0.05) is 23.7 Å². The van der Waals surface area contributed by atoms with Gasteiger partial charge in [0.1, 0.15) is 37.7 Å². The Balaban J connectivity index is 1.39. The molecule has 2 heterocycles. The first-order valence-corrected chi connectivity index (χ1v) is 10.3. The highest BCUT2D eigenvalue weighted by Gasteiger charge is 2.27. The van der Waals surface area contributed by atoms with E-state index >= 15 is 0 Å². The van der Waals surface area contributed by atoms with E-state index in [0.29, 0.717) is 30.3 Å². The summed E-state index contributed by atoms with van der Waals surface area (Å²) < 4.78 is 5.55. The number of anilines is 1. The standard InChI is InChI=1S/C21H27ClN4O3/c1-16-7-8-17(29-16)13-24(2)21(28)15-26-11-9-25(10-12-26)14-20(27)23-19-6-4-3-5-18(19)22/h3-8H,9-15H2,1-2H3,(H,23,27)/p+2. The molecule has 8 heteroatoms. The van der Waals surface area contributed by atoms with Gasteiger partial charge in [0.25, 0.3) is 11.8 Å². The maximum Gasteiger partial charge on any atom is 0.279 e. The average Bonchev–Trinajstić information content (AvgIpc) is 3.09. The zero-order valence-electron chi connectivity index (χ0n) is 17.0. The number of amides is 2. The zero-order valence-corrected chi connectivity index (χ0v) is 17.7. The Labute approximate surface area is 176 Å². The van der Waals surface area contributed by atoms with Crippen LogP contribution in [-0.2, 0) is 16.1 Å². The Morgan fingerprint density at radius 3 is 2.34 bits per heavy atom. The molecule has 0 unspecified atom stereocenters. The van der Waals surface area contributed by atoms with E-state index in [1.807, 2.05) is 31.2 Å². The highest BCUT2D eigenvalue weighted by molar-refractivity contribution is 6.33. The zero-order chi connectivity index (χ0) is 20.8. The van der Waals surface area contributed by atoms with Crippen molar-refractivity contribution in [2.45, 2.75) is 13.5 Å². The van der Waals surface area contributed by atoms with E-state index in [2.05, 4.69) is 5.32 Å². The number of halogens is 1. The van der Waals surface area contributed by atoms with Crippen molar-refractivity contribution < 1.29 is 23.8 Å². The summed E-state index contributed by atoms with van der Waals surface area (Å²) in [7, 11) is 1.81. The molecular weight excluding hydrogens is 392 g/mol. The largest absolute Gasteiger partial charge is 0.464 e. The summed E-state index contributed by atoms with van der Waals surface area (Å²) in [6, 6.07) is 11.0. The molecule has 7 nitrogen and oxygen atoms in total. The lowest BCUT2D eigenvalue weighted by Gasteiger charge is -2.29. The van der Waals surface area contributed by atoms with Crippen LogP contribution in [0.1, 0.15) is 11.5 Å². The number of para-hydroxylation sites is 1. The molecule has 2 aromatic rings. The second kappa shape index (κ2) is 9.91. The van der Waals surface area contributed by atoms with Crippen LogP contribution in [0.15, 0.2) is 40.8 Å². The maximum atomic E-state index is 12.5. The lowest BCUT2D eigenvalue weighted by Crippen LogP contribution is -3.28. The molecule has 3 rings (SSSR count). The van der Waals surface area contributed by atoms with Gasteiger partial charge < -0.3 is 24.4 Å². The fraction of sp³-hybridized carbons (Fsp3) is 0.429. The predicted octanol–water partition coefficient (Wildman–Crippen LogP) is -0.378. The molecule has 156 valence electrons. The lowest BCUT2D eigenvalue weighted by molar-refractivity contribution is -1.00. The summed E-state index contributed by atoms with van der Waals surface area (Å²) in [5.74, 6) is 1.71. The van der Waals surface area contributed by atoms with Crippen LogP contribution in [0, 0.1) is 6.92 Å². The van der Waals surface area contributed by atoms with Gasteiger partial charge >= 0.3 is 0 Å². The normalized spacial score (nSPS) is 19.0. The number of nitrogens with one attached hydrogen (secondary N) is 3. The third-order valence-corrected chi connectivity index (χ3v) is 5.57. The number of carbonyl (C=O) groups excluding carboxylic acids is 2. The lowest BCUT2D eigenvalue weighted by atomic mass is 10.3. The summed E-state index contributed by atoms with van der Waals surface area (Å²) in [6.07, 6.45) is 0. The first-order chi connectivity index (χ1) is 13.9. The average molecular weight is 421 g/mol. The van der Waals surface area contributed by atoms with Gasteiger partial charge in [-0.05, 0) is 31.2 Å². The number of hydrogen-bond donors (Lipinski definition) is 3. The summed E-state index contributed by atoms with van der Waals surface area (Å²) in [5, 5.41) is 3.41. The number of likely N-dealkylation sites (N-methyl/N-ethyl adjacent to an activating group) is 1. The minimum Gasteiger partial charge on any atom is -0.464 e. The van der Waals surface area contributed by atoms with Crippen LogP contribution in [0.2, 0.25) is 5.02 Å². The van der Waals surface area contributed by atoms with Gasteiger partial charge in [0, 0.05) is 7.05 Å². The van der Waals surface area contributed by atoms with Crippen molar-refractivity contribution in [1.29, 1.82) is 0 Å². The highest BCUT2D eigenvalue weighted by Crippen LogP contribution is 2.19. The minimum atomic E-state index is -0.0406. The smallest absolute Gasteiger partial charge is 0.279 e. The quantitative estimate of drug-likeness (QED) is 0.572. The van der Waals surface area contributed by atoms with E-state index in [1.54, 1.807) is 24.1 Å². The van der Waals surface area contributed by atoms with Gasteiger partial charge in [-0.15, -0.1) is 0 Å². The van der Waals surface area contributed by atoms with Crippen molar-refractivity contribution in [3.05, 3.63) is 52.9 Å². The molecule has 1 aliphatic heterocycles. The molecule has 1 fully saturated rings. The summed E-state index contributed by atoms with van der Waals surface area (Å²) in [6.45, 7) is 6.71. The molecule has 2 amide bonds. The number of aryl methyl sites for hydroxylation is 1. The molecule has 0 saturated carbocycles. The number of furan rings is 1. The van der Waals surface area contributed by atoms with Crippen molar-refractivity contribution in [2.75, 3.05) is 51.6 Å². The molecule has 0 radical (unpaired) electrons. The van der Waals surface area contributed by atoms with Gasteiger partial charge in [-0.25, -0.2) is 0 Å². The number of nitrogens with zero attached hydrogens (tertiary/aromatic N) is 1. The van der Waals surface area contributed by atoms with E-state index in [4.69, 9.17) is 16.0 Å². The van der Waals surface area contributed by atoms with Crippen LogP contribution in [0.5, 0.6) is 0 Å². The third-order valence-electron chi connectivity index (χ3n) is 5.24. The molecule has 1 aliphatic rings. The Morgan fingerprint density at radius 1 is 1.07 bits per heavy atom. The molecule has 0 spiro atoms. The van der Waals surface area contributed by atoms with Crippen LogP contribution in [0.3, 0.4) is 0 Å². The van der Waals surface area contributed by atoms with Crippen LogP contribution in [0.25, 0.3) is 0 Å². The molecule has 0 atom stereocenters. The number of piperazine rings is 1. The number of quaternary nitrogens is 2. The van der Waals surface area contributed by atoms with Gasteiger partial charge in [0.05, 0.1) is 17.3 Å². The number of carbonyl (C=O) groups is 2. The van der Waals surface area contributed by atoms with E-state index in [0.717, 1.165) is 37.7 Å². The van der Waals surface area contributed by atoms with E-state index < -0.39 is 0 Å². The van der Waals surface area contributed by atoms with Gasteiger partial charge in [0.15, 0.2) is 13.1 Å². The molecular formula is C21H29ClN4O3+2. The summed E-state index contributed by atoms with van der Waals surface area (Å²) >= 11 is 6.09. The van der Waals surface area contributed by atoms with Crippen LogP contribution in [0.4, 0.5) is 5.69 Å². The fourth-order valence-corrected chi connectivity index (χ4v) is 3.72. The van der Waals surface area contributed by atoms with E-state index in [9.17, 15) is 9.59 Å². The third kappa shape index (κ3) is 6.32. The Morgan fingerprint density at radius 2 is 1.72 bits per heavy atom. The van der Waals surface area contributed by atoms with E-state index in [1.165, 1.54) is 9.80 Å². The van der Waals surface area contributed by atoms with Crippen molar-refractivity contribution in [1.82, 2.24) is 4.90 Å². The first kappa shape index (κ1) is 21.4. The number of benzene rings is 1. The van der Waals surface area contributed by atoms with Crippen LogP contribution < -0.4 is 15.1 Å². The summed E-state index contributed by atoms with van der Waals surface area (Å²) in [5.41, 5.74) is 0.642. The molecule has 0 bridgehead atoms. The van der Waals surface area contributed by atoms with E-state index in [-0.39, 0.29) is 11.8 Å². The SMILES string of the molecule is Cc1ccc(CN(C)C(=O)C[NH+]2CC[NH+](CC(=O)Nc3ccccc3Cl)CC2)o1. The molecule has 1 saturated heterocycles. The molecule has 0 aliphatic carbocycles. The number of hydrogen-bond acceptors (Lipinski definition) is 3. The maximum absolute atomic E-state index is 12.5. The number of rotatable bonds is 7. The molecule has 1 aromatic carbocycles. The summed E-state index contributed by atoms with van der Waals surface area (Å²) in [4.78, 5) is 29.0. The van der Waals surface area contributed by atoms with Crippen molar-refractivity contribution in [3.63, 3.8) is 0 Å². The first-order valence-electron chi connectivity index (χ1n) is 9.91.